The highest BCUT2D eigenvalue weighted by Crippen LogP contribution is 2.14. The van der Waals surface area contributed by atoms with E-state index in [2.05, 4.69) is 20.8 Å². The van der Waals surface area contributed by atoms with Crippen LogP contribution in [0, 0.1) is 5.92 Å². The van der Waals surface area contributed by atoms with Gasteiger partial charge in [-0.25, -0.2) is 4.79 Å². The van der Waals surface area contributed by atoms with Crippen LogP contribution in [0.15, 0.2) is 24.3 Å². The molecule has 1 unspecified atom stereocenters. The minimum Gasteiger partial charge on any atom is -0.293 e. The molecular weight excluding hydrogens is 276 g/mol. The first kappa shape index (κ1) is 18.7. The van der Waals surface area contributed by atoms with Crippen LogP contribution in [0.1, 0.15) is 75.2 Å². The van der Waals surface area contributed by atoms with Crippen LogP contribution in [0.4, 0.5) is 0 Å². The molecule has 0 radical (unpaired) electrons. The molecule has 3 nitrogen and oxygen atoms in total. The predicted octanol–water partition coefficient (Wildman–Crippen LogP) is 5.33. The normalized spacial score (nSPS) is 12.1. The third-order valence-corrected chi connectivity index (χ3v) is 3.99. The van der Waals surface area contributed by atoms with Gasteiger partial charge in [0.1, 0.15) is 0 Å². The molecule has 1 atom stereocenters. The number of benzene rings is 1. The molecule has 0 aliphatic heterocycles. The van der Waals surface area contributed by atoms with Gasteiger partial charge in [-0.1, -0.05) is 58.6 Å². The summed E-state index contributed by atoms with van der Waals surface area (Å²) in [5.74, 6) is 0.0524. The summed E-state index contributed by atoms with van der Waals surface area (Å²) in [6.07, 6.45) is 7.94. The summed E-state index contributed by atoms with van der Waals surface area (Å²) in [4.78, 5) is 22.0. The molecule has 0 bridgehead atoms. The monoisotopic (exact) mass is 306 g/mol. The van der Waals surface area contributed by atoms with Gasteiger partial charge in [0.25, 0.3) is 0 Å². The summed E-state index contributed by atoms with van der Waals surface area (Å²) in [6.45, 7) is 6.97. The Labute approximate surface area is 134 Å². The van der Waals surface area contributed by atoms with Gasteiger partial charge in [0, 0.05) is 0 Å². The molecular formula is C19H30O3. The smallest absolute Gasteiger partial charge is 0.293 e. The molecule has 0 aliphatic carbocycles. The fourth-order valence-electron chi connectivity index (χ4n) is 2.32. The van der Waals surface area contributed by atoms with Gasteiger partial charge in [0.05, 0.1) is 12.2 Å². The Morgan fingerprint density at radius 1 is 1.05 bits per heavy atom. The Hall–Kier alpha value is -1.35. The number of aryl methyl sites for hydroxylation is 1. The van der Waals surface area contributed by atoms with Crippen molar-refractivity contribution < 1.29 is 14.6 Å². The number of carbonyl (C=O) groups excluding carboxylic acids is 1. The zero-order valence-electron chi connectivity index (χ0n) is 14.3. The maximum atomic E-state index is 11.9. The Morgan fingerprint density at radius 3 is 2.32 bits per heavy atom. The third-order valence-electron chi connectivity index (χ3n) is 3.99. The third kappa shape index (κ3) is 7.08. The molecule has 0 aliphatic rings. The first-order chi connectivity index (χ1) is 10.7. The molecule has 0 saturated heterocycles. The van der Waals surface area contributed by atoms with E-state index in [4.69, 9.17) is 9.78 Å². The van der Waals surface area contributed by atoms with Gasteiger partial charge >= 0.3 is 5.97 Å². The first-order valence-corrected chi connectivity index (χ1v) is 8.63. The van der Waals surface area contributed by atoms with E-state index in [0.717, 1.165) is 19.3 Å². The maximum Gasteiger partial charge on any atom is 0.373 e. The van der Waals surface area contributed by atoms with Crippen LogP contribution in [0.5, 0.6) is 0 Å². The number of hydrogen-bond acceptors (Lipinski definition) is 3. The number of carbonyl (C=O) groups is 1. The highest BCUT2D eigenvalue weighted by molar-refractivity contribution is 5.88. The molecule has 1 aromatic rings. The van der Waals surface area contributed by atoms with E-state index in [9.17, 15) is 4.79 Å². The molecule has 0 amide bonds. The molecule has 124 valence electrons. The van der Waals surface area contributed by atoms with Crippen molar-refractivity contribution >= 4 is 5.97 Å². The number of hydrogen-bond donors (Lipinski definition) is 0. The van der Waals surface area contributed by atoms with E-state index in [1.54, 1.807) is 0 Å². The lowest BCUT2D eigenvalue weighted by atomic mass is 10.0. The summed E-state index contributed by atoms with van der Waals surface area (Å²) >= 11 is 0. The van der Waals surface area contributed by atoms with Crippen molar-refractivity contribution in [1.82, 2.24) is 0 Å². The highest BCUT2D eigenvalue weighted by atomic mass is 17.2. The van der Waals surface area contributed by atoms with E-state index in [0.29, 0.717) is 18.1 Å². The van der Waals surface area contributed by atoms with Gasteiger partial charge in [0.15, 0.2) is 0 Å². The molecule has 3 heteroatoms. The van der Waals surface area contributed by atoms with Crippen LogP contribution >= 0.6 is 0 Å². The van der Waals surface area contributed by atoms with E-state index in [1.807, 2.05) is 24.3 Å². The molecule has 0 spiro atoms. The van der Waals surface area contributed by atoms with Crippen LogP contribution < -0.4 is 0 Å². The Morgan fingerprint density at radius 2 is 1.73 bits per heavy atom. The van der Waals surface area contributed by atoms with Gasteiger partial charge < -0.3 is 0 Å². The maximum absolute atomic E-state index is 11.9. The van der Waals surface area contributed by atoms with Gasteiger partial charge in [-0.3, -0.25) is 4.89 Å². The van der Waals surface area contributed by atoms with E-state index < -0.39 is 5.97 Å². The zero-order chi connectivity index (χ0) is 16.2. The first-order valence-electron chi connectivity index (χ1n) is 8.63. The lowest BCUT2D eigenvalue weighted by Gasteiger charge is -2.13. The zero-order valence-corrected chi connectivity index (χ0v) is 14.3. The van der Waals surface area contributed by atoms with E-state index >= 15 is 0 Å². The average Bonchev–Trinajstić information content (AvgIpc) is 2.56. The van der Waals surface area contributed by atoms with E-state index in [1.165, 1.54) is 31.2 Å². The summed E-state index contributed by atoms with van der Waals surface area (Å²) in [6, 6.07) is 7.60. The largest absolute Gasteiger partial charge is 0.373 e. The van der Waals surface area contributed by atoms with Gasteiger partial charge in [-0.2, -0.15) is 4.89 Å². The fourth-order valence-corrected chi connectivity index (χ4v) is 2.32. The molecule has 1 aromatic carbocycles. The van der Waals surface area contributed by atoms with Crippen molar-refractivity contribution in [3.8, 4) is 0 Å². The number of rotatable bonds is 11. The molecule has 0 saturated carbocycles. The lowest BCUT2D eigenvalue weighted by Crippen LogP contribution is -2.13. The summed E-state index contributed by atoms with van der Waals surface area (Å²) in [5, 5.41) is 0. The quantitative estimate of drug-likeness (QED) is 0.409. The van der Waals surface area contributed by atoms with Crippen LogP contribution in [-0.2, 0) is 16.2 Å². The molecule has 0 N–H and O–H groups in total. The minimum atomic E-state index is -0.410. The summed E-state index contributed by atoms with van der Waals surface area (Å²) in [7, 11) is 0. The Bertz CT molecular complexity index is 411. The summed E-state index contributed by atoms with van der Waals surface area (Å²) < 4.78 is 0. The molecule has 0 fully saturated rings. The van der Waals surface area contributed by atoms with Crippen LogP contribution in [0.2, 0.25) is 0 Å². The van der Waals surface area contributed by atoms with E-state index in [-0.39, 0.29) is 0 Å². The average molecular weight is 306 g/mol. The predicted molar refractivity (Wildman–Crippen MR) is 89.7 cm³/mol. The second-order valence-corrected chi connectivity index (χ2v) is 5.87. The van der Waals surface area contributed by atoms with Crippen LogP contribution in [-0.4, -0.2) is 12.6 Å². The molecule has 1 rings (SSSR count). The molecule has 22 heavy (non-hydrogen) atoms. The van der Waals surface area contributed by atoms with Crippen LogP contribution in [0.3, 0.4) is 0 Å². The van der Waals surface area contributed by atoms with Crippen molar-refractivity contribution in [2.24, 2.45) is 5.92 Å². The van der Waals surface area contributed by atoms with Crippen molar-refractivity contribution in [1.29, 1.82) is 0 Å². The topological polar surface area (TPSA) is 35.5 Å². The SMILES string of the molecule is CCCCc1ccc(C(=O)OOCC(CC)CCCC)cc1. The Balaban J connectivity index is 2.35. The summed E-state index contributed by atoms with van der Waals surface area (Å²) in [5.41, 5.74) is 1.80. The van der Waals surface area contributed by atoms with Gasteiger partial charge in [-0.05, 0) is 42.9 Å². The van der Waals surface area contributed by atoms with Crippen molar-refractivity contribution in [2.45, 2.75) is 65.7 Å². The second kappa shape index (κ2) is 11.2. The van der Waals surface area contributed by atoms with Gasteiger partial charge in [-0.15, -0.1) is 0 Å². The Kier molecular flexibility index (Phi) is 9.56. The standard InChI is InChI=1S/C19H30O3/c1-4-7-9-16(6-3)15-21-22-19(20)18-13-11-17(12-14-18)10-8-5-2/h11-14,16H,4-10,15H2,1-3H3. The van der Waals surface area contributed by atoms with Gasteiger partial charge in [0.2, 0.25) is 0 Å². The molecule has 0 aromatic heterocycles. The second-order valence-electron chi connectivity index (χ2n) is 5.87. The van der Waals surface area contributed by atoms with Crippen molar-refractivity contribution in [2.75, 3.05) is 6.61 Å². The molecule has 0 heterocycles. The number of unbranched alkanes of at least 4 members (excludes halogenated alkanes) is 2. The van der Waals surface area contributed by atoms with Crippen LogP contribution in [0.25, 0.3) is 0 Å². The highest BCUT2D eigenvalue weighted by Gasteiger charge is 2.11. The minimum absolute atomic E-state index is 0.410. The fraction of sp³-hybridized carbons (Fsp3) is 0.632. The van der Waals surface area contributed by atoms with Crippen molar-refractivity contribution in [3.05, 3.63) is 35.4 Å². The van der Waals surface area contributed by atoms with Crippen molar-refractivity contribution in [3.63, 3.8) is 0 Å². The lowest BCUT2D eigenvalue weighted by molar-refractivity contribution is -0.249.